The number of unbranched alkanes of at least 4 members (excludes halogenated alkanes) is 2. The van der Waals surface area contributed by atoms with Crippen LogP contribution in [0.15, 0.2) is 0 Å². The molecule has 1 fully saturated rings. The summed E-state index contributed by atoms with van der Waals surface area (Å²) in [6, 6.07) is 0.223. The van der Waals surface area contributed by atoms with Gasteiger partial charge in [0.15, 0.2) is 0 Å². The highest BCUT2D eigenvalue weighted by Gasteiger charge is 2.17. The molecule has 1 atom stereocenters. The topological polar surface area (TPSA) is 98.7 Å². The second kappa shape index (κ2) is 11.7. The number of aliphatic carboxylic acids is 1. The van der Waals surface area contributed by atoms with Crippen molar-refractivity contribution in [1.82, 2.24) is 15.5 Å². The van der Waals surface area contributed by atoms with E-state index in [9.17, 15) is 14.4 Å². The predicted octanol–water partition coefficient (Wildman–Crippen LogP) is 2.36. The Morgan fingerprint density at radius 3 is 2.44 bits per heavy atom. The minimum Gasteiger partial charge on any atom is -0.481 e. The van der Waals surface area contributed by atoms with Crippen molar-refractivity contribution in [2.24, 2.45) is 5.92 Å². The Bertz CT molecular complexity index is 436. The molecule has 0 saturated heterocycles. The van der Waals surface area contributed by atoms with E-state index in [1.54, 1.807) is 14.0 Å². The molecule has 0 aromatic carbocycles. The van der Waals surface area contributed by atoms with Crippen molar-refractivity contribution < 1.29 is 19.5 Å². The maximum atomic E-state index is 11.9. The number of rotatable bonds is 10. The van der Waals surface area contributed by atoms with Crippen LogP contribution in [-0.2, 0) is 9.59 Å². The quantitative estimate of drug-likeness (QED) is 0.524. The Balaban J connectivity index is 2.02. The highest BCUT2D eigenvalue weighted by Crippen LogP contribution is 2.17. The van der Waals surface area contributed by atoms with Crippen LogP contribution in [0.5, 0.6) is 0 Å². The number of hydrogen-bond donors (Lipinski definition) is 3. The average molecular weight is 355 g/mol. The molecule has 1 rings (SSSR count). The van der Waals surface area contributed by atoms with Gasteiger partial charge in [-0.1, -0.05) is 32.6 Å². The van der Waals surface area contributed by atoms with Crippen LogP contribution in [0.25, 0.3) is 0 Å². The molecule has 3 N–H and O–H groups in total. The average Bonchev–Trinajstić information content (AvgIpc) is 2.58. The molecular formula is C18H33N3O4. The first kappa shape index (κ1) is 21.3. The van der Waals surface area contributed by atoms with Crippen molar-refractivity contribution >= 4 is 17.9 Å². The third-order valence-electron chi connectivity index (χ3n) is 4.69. The highest BCUT2D eigenvalue weighted by atomic mass is 16.4. The van der Waals surface area contributed by atoms with Crippen LogP contribution < -0.4 is 10.6 Å². The van der Waals surface area contributed by atoms with E-state index >= 15 is 0 Å². The Labute approximate surface area is 150 Å². The van der Waals surface area contributed by atoms with Crippen molar-refractivity contribution in [2.45, 2.75) is 70.8 Å². The first-order chi connectivity index (χ1) is 11.9. The number of hydrogen-bond acceptors (Lipinski definition) is 3. The molecule has 7 nitrogen and oxygen atoms in total. The molecule has 1 aliphatic rings. The van der Waals surface area contributed by atoms with Crippen LogP contribution in [0.1, 0.15) is 64.7 Å². The molecule has 3 amide bonds. The lowest BCUT2D eigenvalue weighted by atomic mass is 9.96. The Kier molecular flexibility index (Phi) is 9.96. The summed E-state index contributed by atoms with van der Waals surface area (Å²) in [6.45, 7) is 2.44. The predicted molar refractivity (Wildman–Crippen MR) is 96.3 cm³/mol. The van der Waals surface area contributed by atoms with Crippen LogP contribution >= 0.6 is 0 Å². The third kappa shape index (κ3) is 9.31. The molecule has 0 aliphatic heterocycles. The summed E-state index contributed by atoms with van der Waals surface area (Å²) in [6.07, 6.45) is 8.65. The van der Waals surface area contributed by atoms with Crippen molar-refractivity contribution in [1.29, 1.82) is 0 Å². The minimum absolute atomic E-state index is 0.0314. The molecule has 1 saturated carbocycles. The van der Waals surface area contributed by atoms with E-state index in [4.69, 9.17) is 5.11 Å². The number of urea groups is 1. The molecule has 0 aromatic heterocycles. The van der Waals surface area contributed by atoms with Gasteiger partial charge in [0.1, 0.15) is 0 Å². The molecule has 7 heteroatoms. The first-order valence-corrected chi connectivity index (χ1v) is 9.41. The first-order valence-electron chi connectivity index (χ1n) is 9.41. The van der Waals surface area contributed by atoms with E-state index in [2.05, 4.69) is 10.6 Å². The summed E-state index contributed by atoms with van der Waals surface area (Å²) in [4.78, 5) is 36.0. The number of carboxylic acids is 1. The van der Waals surface area contributed by atoms with Gasteiger partial charge in [0, 0.05) is 32.6 Å². The molecule has 0 aromatic rings. The van der Waals surface area contributed by atoms with Crippen LogP contribution in [0.3, 0.4) is 0 Å². The number of carboxylic acid groups (broad SMARTS) is 1. The maximum Gasteiger partial charge on any atom is 0.315 e. The molecule has 0 heterocycles. The van der Waals surface area contributed by atoms with Gasteiger partial charge in [0.2, 0.25) is 5.91 Å². The van der Waals surface area contributed by atoms with E-state index < -0.39 is 11.9 Å². The molecule has 0 radical (unpaired) electrons. The summed E-state index contributed by atoms with van der Waals surface area (Å²) in [5, 5.41) is 14.7. The van der Waals surface area contributed by atoms with E-state index in [1.807, 2.05) is 0 Å². The lowest BCUT2D eigenvalue weighted by Gasteiger charge is -2.22. The molecule has 0 spiro atoms. The van der Waals surface area contributed by atoms with E-state index in [0.717, 1.165) is 32.1 Å². The van der Waals surface area contributed by atoms with E-state index in [-0.39, 0.29) is 18.5 Å². The van der Waals surface area contributed by atoms with Gasteiger partial charge in [0.05, 0.1) is 5.92 Å². The number of carbonyl (C=O) groups is 3. The molecule has 25 heavy (non-hydrogen) atoms. The Morgan fingerprint density at radius 1 is 1.12 bits per heavy atom. The summed E-state index contributed by atoms with van der Waals surface area (Å²) < 4.78 is 0. The second-order valence-electron chi connectivity index (χ2n) is 7.06. The Hall–Kier alpha value is -1.79. The van der Waals surface area contributed by atoms with Crippen LogP contribution in [0.2, 0.25) is 0 Å². The zero-order valence-electron chi connectivity index (χ0n) is 15.6. The van der Waals surface area contributed by atoms with Gasteiger partial charge in [-0.2, -0.15) is 0 Å². The lowest BCUT2D eigenvalue weighted by molar-refractivity contribution is -0.142. The van der Waals surface area contributed by atoms with Gasteiger partial charge >= 0.3 is 12.0 Å². The summed E-state index contributed by atoms with van der Waals surface area (Å²) >= 11 is 0. The Morgan fingerprint density at radius 2 is 1.80 bits per heavy atom. The molecule has 1 unspecified atom stereocenters. The van der Waals surface area contributed by atoms with Crippen molar-refractivity contribution in [3.05, 3.63) is 0 Å². The monoisotopic (exact) mass is 355 g/mol. The fraction of sp³-hybridized carbons (Fsp3) is 0.833. The second-order valence-corrected chi connectivity index (χ2v) is 7.06. The number of nitrogens with zero attached hydrogens (tertiary/aromatic N) is 1. The van der Waals surface area contributed by atoms with Gasteiger partial charge in [-0.05, 0) is 25.7 Å². The lowest BCUT2D eigenvalue weighted by Crippen LogP contribution is -2.43. The van der Waals surface area contributed by atoms with Gasteiger partial charge in [-0.25, -0.2) is 4.79 Å². The van der Waals surface area contributed by atoms with Gasteiger partial charge < -0.3 is 20.6 Å². The van der Waals surface area contributed by atoms with E-state index in [1.165, 1.54) is 24.2 Å². The third-order valence-corrected chi connectivity index (χ3v) is 4.69. The minimum atomic E-state index is -0.891. The molecule has 144 valence electrons. The van der Waals surface area contributed by atoms with Crippen LogP contribution in [-0.4, -0.2) is 54.1 Å². The fourth-order valence-corrected chi connectivity index (χ4v) is 3.04. The smallest absolute Gasteiger partial charge is 0.315 e. The largest absolute Gasteiger partial charge is 0.481 e. The van der Waals surface area contributed by atoms with Crippen LogP contribution in [0.4, 0.5) is 4.79 Å². The zero-order valence-corrected chi connectivity index (χ0v) is 15.6. The van der Waals surface area contributed by atoms with E-state index in [0.29, 0.717) is 19.0 Å². The number of carbonyl (C=O) groups excluding carboxylic acids is 2. The number of amides is 3. The number of nitrogens with one attached hydrogen (secondary N) is 2. The summed E-state index contributed by atoms with van der Waals surface area (Å²) in [7, 11) is 1.64. The highest BCUT2D eigenvalue weighted by molar-refractivity contribution is 5.77. The van der Waals surface area contributed by atoms with Gasteiger partial charge in [-0.3, -0.25) is 9.59 Å². The summed E-state index contributed by atoms with van der Waals surface area (Å²) in [5.74, 6) is -1.48. The van der Waals surface area contributed by atoms with Gasteiger partial charge in [0.25, 0.3) is 0 Å². The SMILES string of the molecule is CC(CN(C)C(=O)CCCCCNC(=O)NC1CCCCC1)C(=O)O. The molecule has 1 aliphatic carbocycles. The standard InChI is InChI=1S/C18H33N3O4/c1-14(17(23)24)13-21(2)16(22)11-7-4-8-12-19-18(25)20-15-9-5-3-6-10-15/h14-15H,3-13H2,1-2H3,(H,23,24)(H2,19,20,25). The van der Waals surface area contributed by atoms with Crippen molar-refractivity contribution in [3.8, 4) is 0 Å². The molecular weight excluding hydrogens is 322 g/mol. The zero-order chi connectivity index (χ0) is 18.7. The van der Waals surface area contributed by atoms with Crippen LogP contribution in [0, 0.1) is 5.92 Å². The maximum absolute atomic E-state index is 11.9. The van der Waals surface area contributed by atoms with Crippen molar-refractivity contribution in [3.63, 3.8) is 0 Å². The van der Waals surface area contributed by atoms with Gasteiger partial charge in [-0.15, -0.1) is 0 Å². The normalized spacial score (nSPS) is 16.1. The fourth-order valence-electron chi connectivity index (χ4n) is 3.04. The van der Waals surface area contributed by atoms with Crippen molar-refractivity contribution in [2.75, 3.05) is 20.1 Å². The molecule has 0 bridgehead atoms. The summed E-state index contributed by atoms with van der Waals surface area (Å²) in [5.41, 5.74) is 0.